The molecule has 2 saturated carbocycles. The highest BCUT2D eigenvalue weighted by molar-refractivity contribution is 6.07. The summed E-state index contributed by atoms with van der Waals surface area (Å²) in [5.74, 6) is 0.512. The second kappa shape index (κ2) is 9.38. The summed E-state index contributed by atoms with van der Waals surface area (Å²) < 4.78 is 6.98. The van der Waals surface area contributed by atoms with Gasteiger partial charge in [0.25, 0.3) is 11.8 Å². The first-order chi connectivity index (χ1) is 17.2. The minimum absolute atomic E-state index is 0.0379. The molecule has 2 bridgehead atoms. The Hall–Kier alpha value is -3.73. The standard InChI is InChI=1S/C25H31N7O4/c1-14-8-16-11-25(10-14,6-3-4-19(16)33)30-20-9-15(5-7-27-20)24-29-18(13-36-24)23(35)28-17-12-32(2)31-21(17)22(26)34/h5,7,9,12-14,16,19,33H,3-4,6,8,10-11H2,1-2H3,(H2,26,34)(H,27,30)(H,28,35). The second-order valence-corrected chi connectivity index (χ2v) is 10.2. The predicted molar refractivity (Wildman–Crippen MR) is 132 cm³/mol. The number of anilines is 2. The Bertz CT molecular complexity index is 1280. The fourth-order valence-corrected chi connectivity index (χ4v) is 5.85. The Morgan fingerprint density at radius 1 is 1.33 bits per heavy atom. The zero-order valence-corrected chi connectivity index (χ0v) is 20.4. The number of primary amides is 1. The molecule has 190 valence electrons. The van der Waals surface area contributed by atoms with Gasteiger partial charge in [-0.1, -0.05) is 6.92 Å². The van der Waals surface area contributed by atoms with E-state index in [9.17, 15) is 14.7 Å². The van der Waals surface area contributed by atoms with E-state index in [0.717, 1.165) is 38.5 Å². The monoisotopic (exact) mass is 493 g/mol. The Morgan fingerprint density at radius 3 is 2.97 bits per heavy atom. The van der Waals surface area contributed by atoms with E-state index < -0.39 is 11.8 Å². The lowest BCUT2D eigenvalue weighted by atomic mass is 9.69. The van der Waals surface area contributed by atoms with Gasteiger partial charge in [-0.2, -0.15) is 5.10 Å². The fraction of sp³-hybridized carbons (Fsp3) is 0.480. The summed E-state index contributed by atoms with van der Waals surface area (Å²) in [6.45, 7) is 2.25. The van der Waals surface area contributed by atoms with Gasteiger partial charge in [-0.05, 0) is 62.5 Å². The molecule has 4 atom stereocenters. The van der Waals surface area contributed by atoms with Crippen molar-refractivity contribution in [3.63, 3.8) is 0 Å². The zero-order valence-electron chi connectivity index (χ0n) is 20.4. The highest BCUT2D eigenvalue weighted by Gasteiger charge is 2.43. The summed E-state index contributed by atoms with van der Waals surface area (Å²) in [4.78, 5) is 33.1. The number of oxazole rings is 1. The third-order valence-corrected chi connectivity index (χ3v) is 7.24. The number of carbonyl (C=O) groups excluding carboxylic acids is 2. The number of aliphatic hydroxyl groups excluding tert-OH is 1. The SMILES string of the molecule is CC1CC2CC(Nc3cc(-c4nc(C(=O)Nc5cn(C)nc5C(N)=O)co4)ccn3)(CCCC2O)C1. The molecule has 2 aliphatic rings. The van der Waals surface area contributed by atoms with Crippen LogP contribution in [-0.2, 0) is 7.05 Å². The van der Waals surface area contributed by atoms with E-state index in [1.807, 2.05) is 6.07 Å². The molecule has 0 radical (unpaired) electrons. The van der Waals surface area contributed by atoms with E-state index in [1.165, 1.54) is 17.1 Å². The third-order valence-electron chi connectivity index (χ3n) is 7.24. The van der Waals surface area contributed by atoms with Crippen molar-refractivity contribution in [2.75, 3.05) is 10.6 Å². The molecule has 11 heteroatoms. The van der Waals surface area contributed by atoms with Gasteiger partial charge >= 0.3 is 0 Å². The van der Waals surface area contributed by atoms with Gasteiger partial charge < -0.3 is 25.9 Å². The average Bonchev–Trinajstić information content (AvgIpc) is 3.43. The lowest BCUT2D eigenvalue weighted by Gasteiger charge is -2.44. The van der Waals surface area contributed by atoms with Crippen LogP contribution in [0.15, 0.2) is 35.2 Å². The Morgan fingerprint density at radius 2 is 2.17 bits per heavy atom. The number of nitrogens with one attached hydrogen (secondary N) is 2. The summed E-state index contributed by atoms with van der Waals surface area (Å²) in [5.41, 5.74) is 6.12. The maximum Gasteiger partial charge on any atom is 0.277 e. The molecule has 5 rings (SSSR count). The molecule has 3 aromatic rings. The maximum absolute atomic E-state index is 12.7. The van der Waals surface area contributed by atoms with Gasteiger partial charge in [-0.3, -0.25) is 14.3 Å². The molecular weight excluding hydrogens is 462 g/mol. The summed E-state index contributed by atoms with van der Waals surface area (Å²) in [7, 11) is 1.62. The van der Waals surface area contributed by atoms with Gasteiger partial charge in [-0.15, -0.1) is 0 Å². The van der Waals surface area contributed by atoms with Crippen LogP contribution in [0.4, 0.5) is 11.5 Å². The van der Waals surface area contributed by atoms with Crippen LogP contribution in [0.2, 0.25) is 0 Å². The molecular formula is C25H31N7O4. The number of aromatic nitrogens is 4. The Kier molecular flexibility index (Phi) is 6.25. The van der Waals surface area contributed by atoms with E-state index in [1.54, 1.807) is 19.3 Å². The molecule has 2 aliphatic carbocycles. The van der Waals surface area contributed by atoms with Crippen LogP contribution < -0.4 is 16.4 Å². The van der Waals surface area contributed by atoms with Crippen LogP contribution >= 0.6 is 0 Å². The molecule has 2 fully saturated rings. The average molecular weight is 494 g/mol. The second-order valence-electron chi connectivity index (χ2n) is 10.2. The number of fused-ring (bicyclic) bond motifs is 2. The van der Waals surface area contributed by atoms with E-state index >= 15 is 0 Å². The van der Waals surface area contributed by atoms with Crippen LogP contribution in [0.25, 0.3) is 11.5 Å². The van der Waals surface area contributed by atoms with Gasteiger partial charge in [0.15, 0.2) is 11.4 Å². The van der Waals surface area contributed by atoms with Gasteiger partial charge in [0.05, 0.1) is 11.8 Å². The van der Waals surface area contributed by atoms with E-state index in [-0.39, 0.29) is 34.6 Å². The topological polar surface area (TPSA) is 161 Å². The molecule has 3 heterocycles. The van der Waals surface area contributed by atoms with Crippen molar-refractivity contribution < 1.29 is 19.1 Å². The number of amides is 2. The summed E-state index contributed by atoms with van der Waals surface area (Å²) >= 11 is 0. The van der Waals surface area contributed by atoms with Crippen LogP contribution in [0.1, 0.15) is 66.4 Å². The van der Waals surface area contributed by atoms with Crippen molar-refractivity contribution in [2.24, 2.45) is 24.6 Å². The lowest BCUT2D eigenvalue weighted by Crippen LogP contribution is -2.46. The molecule has 3 aromatic heterocycles. The van der Waals surface area contributed by atoms with E-state index in [4.69, 9.17) is 10.2 Å². The molecule has 2 amide bonds. The Labute approximate surface area is 208 Å². The van der Waals surface area contributed by atoms with Crippen molar-refractivity contribution >= 4 is 23.3 Å². The minimum atomic E-state index is -0.745. The Balaban J connectivity index is 1.33. The van der Waals surface area contributed by atoms with Crippen molar-refractivity contribution in [3.05, 3.63) is 42.2 Å². The number of pyridine rings is 1. The molecule has 0 saturated heterocycles. The number of nitrogens with zero attached hydrogens (tertiary/aromatic N) is 4. The van der Waals surface area contributed by atoms with Crippen molar-refractivity contribution in [3.8, 4) is 11.5 Å². The number of nitrogens with two attached hydrogens (primary N) is 1. The third kappa shape index (κ3) is 4.83. The normalized spacial score (nSPS) is 25.7. The van der Waals surface area contributed by atoms with Gasteiger partial charge in [0.2, 0.25) is 5.89 Å². The minimum Gasteiger partial charge on any atom is -0.444 e. The van der Waals surface area contributed by atoms with E-state index in [2.05, 4.69) is 32.6 Å². The first-order valence-electron chi connectivity index (χ1n) is 12.2. The van der Waals surface area contributed by atoms with Crippen LogP contribution in [0.5, 0.6) is 0 Å². The first kappa shape index (κ1) is 24.0. The zero-order chi connectivity index (χ0) is 25.4. The van der Waals surface area contributed by atoms with Crippen LogP contribution in [-0.4, -0.2) is 48.3 Å². The molecule has 5 N–H and O–H groups in total. The number of hydrogen-bond donors (Lipinski definition) is 4. The van der Waals surface area contributed by atoms with E-state index in [0.29, 0.717) is 23.2 Å². The fourth-order valence-electron chi connectivity index (χ4n) is 5.85. The number of rotatable bonds is 6. The largest absolute Gasteiger partial charge is 0.444 e. The predicted octanol–water partition coefficient (Wildman–Crippen LogP) is 2.95. The van der Waals surface area contributed by atoms with Crippen molar-refractivity contribution in [1.82, 2.24) is 19.7 Å². The van der Waals surface area contributed by atoms with Crippen LogP contribution in [0.3, 0.4) is 0 Å². The molecule has 36 heavy (non-hydrogen) atoms. The molecule has 0 spiro atoms. The number of aryl methyl sites for hydroxylation is 1. The summed E-state index contributed by atoms with van der Waals surface area (Å²) in [5, 5.41) is 20.8. The van der Waals surface area contributed by atoms with Gasteiger partial charge in [0.1, 0.15) is 12.1 Å². The maximum atomic E-state index is 12.7. The number of hydrogen-bond acceptors (Lipinski definition) is 8. The quantitative estimate of drug-likeness (QED) is 0.407. The van der Waals surface area contributed by atoms with Gasteiger partial charge in [0, 0.05) is 30.5 Å². The summed E-state index contributed by atoms with van der Waals surface area (Å²) in [6.07, 6.45) is 10.0. The molecule has 4 unspecified atom stereocenters. The van der Waals surface area contributed by atoms with Crippen LogP contribution in [0, 0.1) is 11.8 Å². The summed E-state index contributed by atoms with van der Waals surface area (Å²) in [6, 6.07) is 3.63. The number of carbonyl (C=O) groups is 2. The molecule has 0 aromatic carbocycles. The highest BCUT2D eigenvalue weighted by Crippen LogP contribution is 2.45. The smallest absolute Gasteiger partial charge is 0.277 e. The molecule has 0 aliphatic heterocycles. The molecule has 11 nitrogen and oxygen atoms in total. The van der Waals surface area contributed by atoms with Gasteiger partial charge in [-0.25, -0.2) is 9.97 Å². The van der Waals surface area contributed by atoms with Crippen molar-refractivity contribution in [2.45, 2.75) is 57.1 Å². The number of aliphatic hydroxyl groups is 1. The van der Waals surface area contributed by atoms with Crippen molar-refractivity contribution in [1.29, 1.82) is 0 Å². The lowest BCUT2D eigenvalue weighted by molar-refractivity contribution is 0.0603. The first-order valence-corrected chi connectivity index (χ1v) is 12.2. The highest BCUT2D eigenvalue weighted by atomic mass is 16.3.